The summed E-state index contributed by atoms with van der Waals surface area (Å²) in [4.78, 5) is 20.4. The monoisotopic (exact) mass is 598 g/mol. The van der Waals surface area contributed by atoms with E-state index >= 15 is 0 Å². The van der Waals surface area contributed by atoms with Gasteiger partial charge in [-0.05, 0) is 56.3 Å². The van der Waals surface area contributed by atoms with Gasteiger partial charge in [-0.2, -0.15) is 0 Å². The fourth-order valence-electron chi connectivity index (χ4n) is 7.74. The molecule has 2 heterocycles. The third-order valence-corrected chi connectivity index (χ3v) is 9.76. The highest BCUT2D eigenvalue weighted by atomic mass is 15.0. The van der Waals surface area contributed by atoms with Gasteiger partial charge in [-0.15, -0.1) is 0 Å². The highest BCUT2D eigenvalue weighted by Gasteiger charge is 2.52. The van der Waals surface area contributed by atoms with E-state index in [-0.39, 0.29) is 0 Å². The summed E-state index contributed by atoms with van der Waals surface area (Å²) < 4.78 is 0. The molecule has 4 heteroatoms. The van der Waals surface area contributed by atoms with Crippen LogP contribution in [-0.4, -0.2) is 19.9 Å². The van der Waals surface area contributed by atoms with Gasteiger partial charge >= 0.3 is 0 Å². The predicted molar refractivity (Wildman–Crippen MR) is 188 cm³/mol. The van der Waals surface area contributed by atoms with Crippen molar-refractivity contribution in [3.05, 3.63) is 180 Å². The molecule has 218 valence electrons. The van der Waals surface area contributed by atoms with Crippen molar-refractivity contribution in [3.8, 4) is 56.5 Å². The zero-order chi connectivity index (χ0) is 31.0. The Kier molecular flexibility index (Phi) is 5.46. The molecule has 0 amide bonds. The van der Waals surface area contributed by atoms with E-state index in [1.54, 1.807) is 0 Å². The molecule has 0 fully saturated rings. The van der Waals surface area contributed by atoms with Gasteiger partial charge in [0.1, 0.15) is 0 Å². The highest BCUT2D eigenvalue weighted by molar-refractivity contribution is 5.94. The van der Waals surface area contributed by atoms with Gasteiger partial charge in [0.15, 0.2) is 17.5 Å². The summed E-state index contributed by atoms with van der Waals surface area (Å²) in [7, 11) is 0. The molecule has 1 spiro atoms. The Morgan fingerprint density at radius 2 is 0.894 bits per heavy atom. The van der Waals surface area contributed by atoms with Gasteiger partial charge in [0.05, 0.1) is 11.1 Å². The minimum atomic E-state index is -0.488. The summed E-state index contributed by atoms with van der Waals surface area (Å²) in [6.45, 7) is 0. The van der Waals surface area contributed by atoms with Crippen LogP contribution in [0.5, 0.6) is 0 Å². The minimum absolute atomic E-state index is 0.488. The van der Waals surface area contributed by atoms with Crippen molar-refractivity contribution in [1.82, 2.24) is 19.9 Å². The SMILES string of the molecule is c1ccc(-c2nc(-c3cnc4c(c3)C3(c5ccccc5-c5ccccc53)c3ccccc3-4)nc(-c3ccc4ccccc4c3)n2)cc1. The first-order chi connectivity index (χ1) is 23.3. The van der Waals surface area contributed by atoms with Crippen LogP contribution in [0.3, 0.4) is 0 Å². The molecular formula is C43H26N4. The second kappa shape index (κ2) is 9.87. The molecule has 2 aromatic heterocycles. The molecule has 0 atom stereocenters. The highest BCUT2D eigenvalue weighted by Crippen LogP contribution is 2.62. The first-order valence-corrected chi connectivity index (χ1v) is 15.9. The zero-order valence-electron chi connectivity index (χ0n) is 25.3. The summed E-state index contributed by atoms with van der Waals surface area (Å²) in [6, 6.07) is 53.5. The van der Waals surface area contributed by atoms with Crippen LogP contribution in [0.4, 0.5) is 0 Å². The number of pyridine rings is 1. The van der Waals surface area contributed by atoms with Gasteiger partial charge < -0.3 is 0 Å². The number of fused-ring (bicyclic) bond motifs is 11. The quantitative estimate of drug-likeness (QED) is 0.203. The van der Waals surface area contributed by atoms with Crippen molar-refractivity contribution in [1.29, 1.82) is 0 Å². The van der Waals surface area contributed by atoms with Crippen molar-refractivity contribution in [2.24, 2.45) is 0 Å². The molecule has 2 aliphatic rings. The van der Waals surface area contributed by atoms with E-state index in [1.807, 2.05) is 36.5 Å². The van der Waals surface area contributed by atoms with E-state index in [4.69, 9.17) is 19.9 Å². The number of benzene rings is 6. The summed E-state index contributed by atoms with van der Waals surface area (Å²) in [5.74, 6) is 1.87. The Morgan fingerprint density at radius 1 is 0.362 bits per heavy atom. The smallest absolute Gasteiger partial charge is 0.165 e. The van der Waals surface area contributed by atoms with Gasteiger partial charge in [0, 0.05) is 28.5 Å². The number of hydrogen-bond acceptors (Lipinski definition) is 4. The maximum absolute atomic E-state index is 5.19. The van der Waals surface area contributed by atoms with Crippen molar-refractivity contribution in [2.75, 3.05) is 0 Å². The van der Waals surface area contributed by atoms with Crippen LogP contribution in [0, 0.1) is 0 Å². The summed E-state index contributed by atoms with van der Waals surface area (Å²) in [6.07, 6.45) is 1.93. The third-order valence-electron chi connectivity index (χ3n) is 9.76. The second-order valence-electron chi connectivity index (χ2n) is 12.2. The predicted octanol–water partition coefficient (Wildman–Crippen LogP) is 9.76. The molecule has 0 aliphatic heterocycles. The first kappa shape index (κ1) is 26.0. The Morgan fingerprint density at radius 3 is 1.60 bits per heavy atom. The van der Waals surface area contributed by atoms with E-state index in [2.05, 4.69) is 121 Å². The summed E-state index contributed by atoms with van der Waals surface area (Å²) >= 11 is 0. The maximum atomic E-state index is 5.19. The van der Waals surface area contributed by atoms with Crippen LogP contribution in [0.25, 0.3) is 67.3 Å². The molecule has 10 rings (SSSR count). The van der Waals surface area contributed by atoms with Crippen molar-refractivity contribution in [3.63, 3.8) is 0 Å². The molecule has 0 unspecified atom stereocenters. The van der Waals surface area contributed by atoms with Crippen molar-refractivity contribution < 1.29 is 0 Å². The van der Waals surface area contributed by atoms with Gasteiger partial charge in [-0.25, -0.2) is 15.0 Å². The van der Waals surface area contributed by atoms with E-state index in [0.29, 0.717) is 17.5 Å². The Hall–Kier alpha value is -6.26. The van der Waals surface area contributed by atoms with Crippen molar-refractivity contribution in [2.45, 2.75) is 5.41 Å². The molecule has 0 saturated heterocycles. The molecule has 0 bridgehead atoms. The molecule has 8 aromatic rings. The standard InChI is InChI=1S/C43H26N4/c1-2-13-28(14-3-1)40-45-41(30-23-22-27-12-4-5-15-29(27)24-30)47-42(46-40)31-25-38-39(44-26-31)34-18-8-11-21-37(34)43(38)35-19-9-6-16-32(35)33-17-7-10-20-36(33)43/h1-26H. The fourth-order valence-corrected chi connectivity index (χ4v) is 7.74. The van der Waals surface area contributed by atoms with E-state index in [1.165, 1.54) is 33.2 Å². The topological polar surface area (TPSA) is 51.6 Å². The number of hydrogen-bond donors (Lipinski definition) is 0. The van der Waals surface area contributed by atoms with Crippen LogP contribution in [0.2, 0.25) is 0 Å². The normalized spacial score (nSPS) is 13.3. The average molecular weight is 599 g/mol. The molecule has 0 radical (unpaired) electrons. The van der Waals surface area contributed by atoms with Crippen LogP contribution >= 0.6 is 0 Å². The second-order valence-corrected chi connectivity index (χ2v) is 12.2. The van der Waals surface area contributed by atoms with Gasteiger partial charge in [-0.1, -0.05) is 140 Å². The lowest BCUT2D eigenvalue weighted by molar-refractivity contribution is 0.791. The summed E-state index contributed by atoms with van der Waals surface area (Å²) in [5.41, 5.74) is 11.9. The van der Waals surface area contributed by atoms with Crippen LogP contribution < -0.4 is 0 Å². The maximum Gasteiger partial charge on any atom is 0.165 e. The van der Waals surface area contributed by atoms with Crippen LogP contribution in [-0.2, 0) is 5.41 Å². The Labute approximate surface area is 272 Å². The zero-order valence-corrected chi connectivity index (χ0v) is 25.3. The lowest BCUT2D eigenvalue weighted by Gasteiger charge is -2.30. The van der Waals surface area contributed by atoms with E-state index in [9.17, 15) is 0 Å². The van der Waals surface area contributed by atoms with Crippen LogP contribution in [0.1, 0.15) is 22.3 Å². The molecule has 2 aliphatic carbocycles. The van der Waals surface area contributed by atoms with Gasteiger partial charge in [0.25, 0.3) is 0 Å². The third kappa shape index (κ3) is 3.70. The number of rotatable bonds is 3. The van der Waals surface area contributed by atoms with E-state index < -0.39 is 5.41 Å². The number of nitrogens with zero attached hydrogens (tertiary/aromatic N) is 4. The van der Waals surface area contributed by atoms with Crippen molar-refractivity contribution >= 4 is 10.8 Å². The van der Waals surface area contributed by atoms with E-state index in [0.717, 1.165) is 38.9 Å². The first-order valence-electron chi connectivity index (χ1n) is 15.9. The molecule has 4 nitrogen and oxygen atoms in total. The Bertz CT molecular complexity index is 2470. The molecule has 0 saturated carbocycles. The lowest BCUT2D eigenvalue weighted by atomic mass is 9.70. The largest absolute Gasteiger partial charge is 0.255 e. The van der Waals surface area contributed by atoms with Gasteiger partial charge in [0.2, 0.25) is 0 Å². The average Bonchev–Trinajstić information content (AvgIpc) is 3.62. The molecule has 6 aromatic carbocycles. The minimum Gasteiger partial charge on any atom is -0.255 e. The molecular weight excluding hydrogens is 573 g/mol. The Balaban J connectivity index is 1.23. The number of aromatic nitrogens is 4. The van der Waals surface area contributed by atoms with Crippen LogP contribution in [0.15, 0.2) is 158 Å². The van der Waals surface area contributed by atoms with Gasteiger partial charge in [-0.3, -0.25) is 4.98 Å². The fraction of sp³-hybridized carbons (Fsp3) is 0.0233. The molecule has 47 heavy (non-hydrogen) atoms. The summed E-state index contributed by atoms with van der Waals surface area (Å²) in [5, 5.41) is 2.32. The lowest BCUT2D eigenvalue weighted by Crippen LogP contribution is -2.26. The molecule has 0 N–H and O–H groups in total.